The summed E-state index contributed by atoms with van der Waals surface area (Å²) in [5.41, 5.74) is 1.23. The van der Waals surface area contributed by atoms with Crippen LogP contribution in [0.1, 0.15) is 25.3 Å². The summed E-state index contributed by atoms with van der Waals surface area (Å²) in [5, 5.41) is 1.08. The van der Waals surface area contributed by atoms with Gasteiger partial charge in [0.05, 0.1) is 6.61 Å². The van der Waals surface area contributed by atoms with E-state index < -0.39 is 0 Å². The zero-order chi connectivity index (χ0) is 11.8. The number of benzene rings is 1. The van der Waals surface area contributed by atoms with Gasteiger partial charge in [-0.25, -0.2) is 0 Å². The van der Waals surface area contributed by atoms with Crippen molar-refractivity contribution in [3.05, 3.63) is 34.3 Å². The maximum Gasteiger partial charge on any atom is 0.0716 e. The lowest BCUT2D eigenvalue weighted by molar-refractivity contribution is 0.109. The topological polar surface area (TPSA) is 9.23 Å². The van der Waals surface area contributed by atoms with E-state index in [1.165, 1.54) is 12.0 Å². The third-order valence-electron chi connectivity index (χ3n) is 2.54. The van der Waals surface area contributed by atoms with Gasteiger partial charge in [0.15, 0.2) is 0 Å². The zero-order valence-electron chi connectivity index (χ0n) is 9.59. The maximum atomic E-state index is 5.65. The Balaban J connectivity index is 2.13. The van der Waals surface area contributed by atoms with Gasteiger partial charge < -0.3 is 4.74 Å². The molecule has 0 amide bonds. The second kappa shape index (κ2) is 8.26. The van der Waals surface area contributed by atoms with Gasteiger partial charge >= 0.3 is 0 Å². The summed E-state index contributed by atoms with van der Waals surface area (Å²) in [6.45, 7) is 3.84. The van der Waals surface area contributed by atoms with E-state index in [9.17, 15) is 0 Å². The number of halogens is 2. The second-order valence-electron chi connectivity index (χ2n) is 4.05. The highest BCUT2D eigenvalue weighted by molar-refractivity contribution is 9.10. The molecule has 1 atom stereocenters. The van der Waals surface area contributed by atoms with Crippen molar-refractivity contribution in [3.63, 3.8) is 0 Å². The minimum Gasteiger partial charge on any atom is -0.377 e. The van der Waals surface area contributed by atoms with Crippen molar-refractivity contribution in [1.82, 2.24) is 0 Å². The van der Waals surface area contributed by atoms with Crippen LogP contribution in [0.3, 0.4) is 0 Å². The third-order valence-corrected chi connectivity index (χ3v) is 3.53. The van der Waals surface area contributed by atoms with E-state index in [0.29, 0.717) is 6.61 Å². The molecule has 0 aliphatic carbocycles. The predicted octanol–water partition coefficient (Wildman–Crippen LogP) is 4.78. The average Bonchev–Trinajstić information content (AvgIpc) is 2.27. The Labute approximate surface area is 115 Å². The Bertz CT molecular complexity index is 284. The molecule has 1 rings (SSSR count). The summed E-state index contributed by atoms with van der Waals surface area (Å²) in [6.07, 6.45) is 2.36. The molecule has 0 bridgehead atoms. The smallest absolute Gasteiger partial charge is 0.0716 e. The lowest BCUT2D eigenvalue weighted by Crippen LogP contribution is -2.02. The molecule has 0 radical (unpaired) electrons. The zero-order valence-corrected chi connectivity index (χ0v) is 12.8. The number of rotatable bonds is 7. The molecule has 0 saturated heterocycles. The summed E-state index contributed by atoms with van der Waals surface area (Å²) in [5.74, 6) is 0.740. The molecule has 0 spiro atoms. The van der Waals surface area contributed by atoms with Crippen LogP contribution in [-0.4, -0.2) is 11.9 Å². The first kappa shape index (κ1) is 14.2. The lowest BCUT2D eigenvalue weighted by Gasteiger charge is -2.09. The van der Waals surface area contributed by atoms with Crippen LogP contribution in [0.5, 0.6) is 0 Å². The quantitative estimate of drug-likeness (QED) is 0.508. The van der Waals surface area contributed by atoms with Gasteiger partial charge in [-0.15, -0.1) is 0 Å². The molecule has 16 heavy (non-hydrogen) atoms. The molecule has 0 saturated carbocycles. The van der Waals surface area contributed by atoms with E-state index in [1.807, 2.05) is 12.1 Å². The monoisotopic (exact) mass is 348 g/mol. The molecule has 0 heterocycles. The molecular formula is C13H18Br2O. The van der Waals surface area contributed by atoms with Gasteiger partial charge in [0.2, 0.25) is 0 Å². The Hall–Kier alpha value is 0.140. The lowest BCUT2D eigenvalue weighted by atomic mass is 10.1. The van der Waals surface area contributed by atoms with Gasteiger partial charge in [0.1, 0.15) is 0 Å². The fourth-order valence-electron chi connectivity index (χ4n) is 1.39. The van der Waals surface area contributed by atoms with Crippen molar-refractivity contribution in [1.29, 1.82) is 0 Å². The summed E-state index contributed by atoms with van der Waals surface area (Å²) < 4.78 is 6.76. The fraction of sp³-hybridized carbons (Fsp3) is 0.538. The van der Waals surface area contributed by atoms with Crippen molar-refractivity contribution in [2.75, 3.05) is 11.9 Å². The standard InChI is InChI=1S/C13H18Br2O/c1-11(6-8-14)7-9-16-10-12-2-4-13(15)5-3-12/h2-5,11H,6-10H2,1H3. The van der Waals surface area contributed by atoms with E-state index in [2.05, 4.69) is 50.9 Å². The Kier molecular flexibility index (Phi) is 7.33. The Morgan fingerprint density at radius 1 is 1.19 bits per heavy atom. The first-order chi connectivity index (χ1) is 7.72. The van der Waals surface area contributed by atoms with Crippen LogP contribution in [0, 0.1) is 5.92 Å². The minimum atomic E-state index is 0.717. The van der Waals surface area contributed by atoms with Gasteiger partial charge in [-0.1, -0.05) is 50.9 Å². The van der Waals surface area contributed by atoms with Crippen molar-refractivity contribution >= 4 is 31.9 Å². The van der Waals surface area contributed by atoms with E-state index >= 15 is 0 Å². The molecule has 0 aromatic heterocycles. The van der Waals surface area contributed by atoms with Crippen LogP contribution < -0.4 is 0 Å². The summed E-state index contributed by atoms with van der Waals surface area (Å²) >= 11 is 6.88. The molecule has 3 heteroatoms. The van der Waals surface area contributed by atoms with E-state index in [4.69, 9.17) is 4.74 Å². The van der Waals surface area contributed by atoms with Crippen LogP contribution >= 0.6 is 31.9 Å². The van der Waals surface area contributed by atoms with Gasteiger partial charge in [-0.2, -0.15) is 0 Å². The van der Waals surface area contributed by atoms with Crippen LogP contribution in [0.4, 0.5) is 0 Å². The molecule has 1 aromatic rings. The molecule has 0 N–H and O–H groups in total. The summed E-state index contributed by atoms with van der Waals surface area (Å²) in [6, 6.07) is 8.27. The molecule has 90 valence electrons. The third kappa shape index (κ3) is 6.02. The van der Waals surface area contributed by atoms with Crippen molar-refractivity contribution in [3.8, 4) is 0 Å². The molecular weight excluding hydrogens is 332 g/mol. The van der Waals surface area contributed by atoms with Crippen LogP contribution in [0.2, 0.25) is 0 Å². The fourth-order valence-corrected chi connectivity index (χ4v) is 2.43. The van der Waals surface area contributed by atoms with Gasteiger partial charge in [0, 0.05) is 16.4 Å². The van der Waals surface area contributed by atoms with E-state index in [1.54, 1.807) is 0 Å². The van der Waals surface area contributed by atoms with Gasteiger partial charge in [-0.05, 0) is 36.5 Å². The first-order valence-electron chi connectivity index (χ1n) is 5.60. The van der Waals surface area contributed by atoms with Crippen molar-refractivity contribution < 1.29 is 4.74 Å². The molecule has 1 aromatic carbocycles. The van der Waals surface area contributed by atoms with Crippen LogP contribution in [0.15, 0.2) is 28.7 Å². The van der Waals surface area contributed by atoms with Crippen LogP contribution in [0.25, 0.3) is 0 Å². The van der Waals surface area contributed by atoms with E-state index in [-0.39, 0.29) is 0 Å². The molecule has 1 unspecified atom stereocenters. The van der Waals surface area contributed by atoms with Gasteiger partial charge in [-0.3, -0.25) is 0 Å². The maximum absolute atomic E-state index is 5.65. The normalized spacial score (nSPS) is 12.7. The first-order valence-corrected chi connectivity index (χ1v) is 7.52. The molecule has 1 nitrogen and oxygen atoms in total. The van der Waals surface area contributed by atoms with Crippen molar-refractivity contribution in [2.45, 2.75) is 26.4 Å². The number of hydrogen-bond donors (Lipinski definition) is 0. The SMILES string of the molecule is CC(CCBr)CCOCc1ccc(Br)cc1. The number of hydrogen-bond acceptors (Lipinski definition) is 1. The Morgan fingerprint density at radius 2 is 1.88 bits per heavy atom. The summed E-state index contributed by atoms with van der Waals surface area (Å²) in [7, 11) is 0. The summed E-state index contributed by atoms with van der Waals surface area (Å²) in [4.78, 5) is 0. The van der Waals surface area contributed by atoms with Crippen LogP contribution in [-0.2, 0) is 11.3 Å². The van der Waals surface area contributed by atoms with E-state index in [0.717, 1.165) is 28.7 Å². The number of alkyl halides is 1. The Morgan fingerprint density at radius 3 is 2.50 bits per heavy atom. The molecule has 0 aliphatic rings. The highest BCUT2D eigenvalue weighted by Gasteiger charge is 2.00. The largest absolute Gasteiger partial charge is 0.377 e. The average molecular weight is 350 g/mol. The highest BCUT2D eigenvalue weighted by atomic mass is 79.9. The highest BCUT2D eigenvalue weighted by Crippen LogP contribution is 2.12. The predicted molar refractivity (Wildman–Crippen MR) is 76.0 cm³/mol. The molecule has 0 aliphatic heterocycles. The second-order valence-corrected chi connectivity index (χ2v) is 5.76. The minimum absolute atomic E-state index is 0.717. The number of ether oxygens (including phenoxy) is 1. The van der Waals surface area contributed by atoms with Crippen molar-refractivity contribution in [2.24, 2.45) is 5.92 Å². The molecule has 0 fully saturated rings. The van der Waals surface area contributed by atoms with Gasteiger partial charge in [0.25, 0.3) is 0 Å².